The lowest BCUT2D eigenvalue weighted by Gasteiger charge is -2.12. The Balaban J connectivity index is 1.51. The lowest BCUT2D eigenvalue weighted by Crippen LogP contribution is -2.13. The second-order valence-electron chi connectivity index (χ2n) is 7.30. The van der Waals surface area contributed by atoms with Gasteiger partial charge in [-0.1, -0.05) is 36.4 Å². The molecule has 5 heteroatoms. The van der Waals surface area contributed by atoms with E-state index in [0.29, 0.717) is 22.7 Å². The molecule has 0 spiro atoms. The maximum atomic E-state index is 13.1. The topological polar surface area (TPSA) is 68.0 Å². The van der Waals surface area contributed by atoms with Gasteiger partial charge in [0.2, 0.25) is 5.89 Å². The Kier molecular flexibility index (Phi) is 4.29. The van der Waals surface area contributed by atoms with Crippen molar-refractivity contribution in [2.45, 2.75) is 13.8 Å². The standard InChI is InChI=1S/C25H19N3O2/c1-15-10-12-20(19-7-4-3-6-18(15)19)24(29)27-21-14-17(11-9-16(21)2)25-28-23-22(30-25)8-5-13-26-23/h3-14H,1-2H3,(H,27,29). The summed E-state index contributed by atoms with van der Waals surface area (Å²) in [5.74, 6) is 0.325. The fraction of sp³-hybridized carbons (Fsp3) is 0.0800. The van der Waals surface area contributed by atoms with E-state index in [0.717, 1.165) is 33.2 Å². The zero-order valence-electron chi connectivity index (χ0n) is 16.6. The summed E-state index contributed by atoms with van der Waals surface area (Å²) in [7, 11) is 0. The first-order valence-corrected chi connectivity index (χ1v) is 9.72. The van der Waals surface area contributed by atoms with E-state index in [1.54, 1.807) is 6.20 Å². The molecule has 5 rings (SSSR count). The molecule has 3 aromatic carbocycles. The van der Waals surface area contributed by atoms with Crippen molar-refractivity contribution >= 4 is 33.6 Å². The summed E-state index contributed by atoms with van der Waals surface area (Å²) in [6.45, 7) is 4.01. The molecule has 0 bridgehead atoms. The zero-order chi connectivity index (χ0) is 20.7. The summed E-state index contributed by atoms with van der Waals surface area (Å²) in [6, 6.07) is 21.2. The molecule has 0 saturated carbocycles. The van der Waals surface area contributed by atoms with Gasteiger partial charge >= 0.3 is 0 Å². The Bertz CT molecular complexity index is 1390. The number of carbonyl (C=O) groups is 1. The normalized spacial score (nSPS) is 11.1. The number of nitrogens with one attached hydrogen (secondary N) is 1. The van der Waals surface area contributed by atoms with Crippen molar-refractivity contribution in [3.8, 4) is 11.5 Å². The minimum Gasteiger partial charge on any atom is -0.434 e. The average molecular weight is 393 g/mol. The van der Waals surface area contributed by atoms with E-state index >= 15 is 0 Å². The van der Waals surface area contributed by atoms with E-state index in [-0.39, 0.29) is 5.91 Å². The molecule has 146 valence electrons. The fourth-order valence-corrected chi connectivity index (χ4v) is 3.62. The first-order valence-electron chi connectivity index (χ1n) is 9.72. The number of anilines is 1. The number of aryl methyl sites for hydroxylation is 2. The van der Waals surface area contributed by atoms with Crippen LogP contribution in [0.5, 0.6) is 0 Å². The quantitative estimate of drug-likeness (QED) is 0.414. The second kappa shape index (κ2) is 7.12. The van der Waals surface area contributed by atoms with Crippen molar-refractivity contribution in [1.29, 1.82) is 0 Å². The number of oxazole rings is 1. The maximum absolute atomic E-state index is 13.1. The van der Waals surface area contributed by atoms with Crippen LogP contribution in [0, 0.1) is 13.8 Å². The number of fused-ring (bicyclic) bond motifs is 2. The van der Waals surface area contributed by atoms with E-state index in [4.69, 9.17) is 4.42 Å². The number of pyridine rings is 1. The first kappa shape index (κ1) is 18.1. The predicted octanol–water partition coefficient (Wildman–Crippen LogP) is 5.91. The van der Waals surface area contributed by atoms with E-state index in [9.17, 15) is 4.79 Å². The first-order chi connectivity index (χ1) is 14.6. The van der Waals surface area contributed by atoms with Gasteiger partial charge in [-0.15, -0.1) is 0 Å². The Hall–Kier alpha value is -3.99. The third-order valence-electron chi connectivity index (χ3n) is 5.28. The number of hydrogen-bond acceptors (Lipinski definition) is 4. The lowest BCUT2D eigenvalue weighted by atomic mass is 9.99. The molecule has 0 aliphatic heterocycles. The van der Waals surface area contributed by atoms with Crippen molar-refractivity contribution in [1.82, 2.24) is 9.97 Å². The van der Waals surface area contributed by atoms with Crippen molar-refractivity contribution in [2.75, 3.05) is 5.32 Å². The summed E-state index contributed by atoms with van der Waals surface area (Å²) < 4.78 is 5.82. The predicted molar refractivity (Wildman–Crippen MR) is 119 cm³/mol. The van der Waals surface area contributed by atoms with Crippen molar-refractivity contribution in [2.24, 2.45) is 0 Å². The number of hydrogen-bond donors (Lipinski definition) is 1. The molecule has 2 heterocycles. The zero-order valence-corrected chi connectivity index (χ0v) is 16.6. The summed E-state index contributed by atoms with van der Waals surface area (Å²) in [6.07, 6.45) is 1.68. The summed E-state index contributed by atoms with van der Waals surface area (Å²) in [4.78, 5) is 21.8. The van der Waals surface area contributed by atoms with Crippen LogP contribution in [-0.4, -0.2) is 15.9 Å². The highest BCUT2D eigenvalue weighted by Crippen LogP contribution is 2.28. The monoisotopic (exact) mass is 393 g/mol. The SMILES string of the molecule is Cc1ccc(-c2nc3ncccc3o2)cc1NC(=O)c1ccc(C)c2ccccc12. The van der Waals surface area contributed by atoms with Crippen LogP contribution in [0.15, 0.2) is 77.3 Å². The summed E-state index contributed by atoms with van der Waals surface area (Å²) in [5.41, 5.74) is 5.43. The van der Waals surface area contributed by atoms with E-state index < -0.39 is 0 Å². The lowest BCUT2D eigenvalue weighted by molar-refractivity contribution is 0.102. The number of carbonyl (C=O) groups excluding carboxylic acids is 1. The van der Waals surface area contributed by atoms with Crippen LogP contribution < -0.4 is 5.32 Å². The van der Waals surface area contributed by atoms with Gasteiger partial charge in [-0.2, -0.15) is 4.98 Å². The molecular weight excluding hydrogens is 374 g/mol. The average Bonchev–Trinajstić information content (AvgIpc) is 3.20. The Morgan fingerprint density at radius 1 is 0.900 bits per heavy atom. The van der Waals surface area contributed by atoms with Crippen molar-refractivity contribution in [3.05, 3.63) is 89.6 Å². The van der Waals surface area contributed by atoms with Gasteiger partial charge < -0.3 is 9.73 Å². The highest BCUT2D eigenvalue weighted by molar-refractivity contribution is 6.13. The smallest absolute Gasteiger partial charge is 0.256 e. The minimum atomic E-state index is -0.148. The molecule has 1 N–H and O–H groups in total. The van der Waals surface area contributed by atoms with Gasteiger partial charge in [0, 0.05) is 23.0 Å². The molecule has 0 aliphatic carbocycles. The van der Waals surface area contributed by atoms with Gasteiger partial charge in [-0.3, -0.25) is 4.79 Å². The molecule has 5 nitrogen and oxygen atoms in total. The van der Waals surface area contributed by atoms with E-state index in [1.165, 1.54) is 0 Å². The third-order valence-corrected chi connectivity index (χ3v) is 5.28. The molecule has 5 aromatic rings. The molecule has 0 atom stereocenters. The molecule has 30 heavy (non-hydrogen) atoms. The van der Waals surface area contributed by atoms with Crippen LogP contribution in [0.2, 0.25) is 0 Å². The van der Waals surface area contributed by atoms with Crippen LogP contribution in [0.3, 0.4) is 0 Å². The Morgan fingerprint density at radius 2 is 1.70 bits per heavy atom. The number of benzene rings is 3. The summed E-state index contributed by atoms with van der Waals surface area (Å²) >= 11 is 0. The Morgan fingerprint density at radius 3 is 2.53 bits per heavy atom. The van der Waals surface area contributed by atoms with Gasteiger partial charge in [0.15, 0.2) is 11.2 Å². The van der Waals surface area contributed by atoms with Gasteiger partial charge in [-0.05, 0) is 66.1 Å². The fourth-order valence-electron chi connectivity index (χ4n) is 3.62. The molecule has 2 aromatic heterocycles. The third kappa shape index (κ3) is 3.10. The van der Waals surface area contributed by atoms with E-state index in [2.05, 4.69) is 15.3 Å². The van der Waals surface area contributed by atoms with Gasteiger partial charge in [0.1, 0.15) is 0 Å². The number of amides is 1. The van der Waals surface area contributed by atoms with Crippen LogP contribution in [0.25, 0.3) is 33.5 Å². The Labute approximate surface area is 173 Å². The number of aromatic nitrogens is 2. The highest BCUT2D eigenvalue weighted by Gasteiger charge is 2.15. The van der Waals surface area contributed by atoms with Gasteiger partial charge in [-0.25, -0.2) is 4.98 Å². The maximum Gasteiger partial charge on any atom is 0.256 e. The molecule has 0 radical (unpaired) electrons. The van der Waals surface area contributed by atoms with E-state index in [1.807, 2.05) is 80.6 Å². The van der Waals surface area contributed by atoms with Crippen LogP contribution >= 0.6 is 0 Å². The van der Waals surface area contributed by atoms with Gasteiger partial charge in [0.05, 0.1) is 0 Å². The molecule has 0 saturated heterocycles. The summed E-state index contributed by atoms with van der Waals surface area (Å²) in [5, 5.41) is 5.08. The highest BCUT2D eigenvalue weighted by atomic mass is 16.3. The minimum absolute atomic E-state index is 0.148. The van der Waals surface area contributed by atoms with Gasteiger partial charge in [0.25, 0.3) is 5.91 Å². The molecule has 1 amide bonds. The van der Waals surface area contributed by atoms with Crippen LogP contribution in [0.1, 0.15) is 21.5 Å². The molecule has 0 fully saturated rings. The van der Waals surface area contributed by atoms with Crippen LogP contribution in [-0.2, 0) is 0 Å². The molecule has 0 unspecified atom stereocenters. The number of rotatable bonds is 3. The number of nitrogens with zero attached hydrogens (tertiary/aromatic N) is 2. The van der Waals surface area contributed by atoms with Crippen LogP contribution in [0.4, 0.5) is 5.69 Å². The van der Waals surface area contributed by atoms with Crippen molar-refractivity contribution < 1.29 is 9.21 Å². The molecular formula is C25H19N3O2. The van der Waals surface area contributed by atoms with Crippen molar-refractivity contribution in [3.63, 3.8) is 0 Å². The second-order valence-corrected chi connectivity index (χ2v) is 7.30. The molecule has 0 aliphatic rings. The largest absolute Gasteiger partial charge is 0.434 e.